The summed E-state index contributed by atoms with van der Waals surface area (Å²) in [5.41, 5.74) is 0.155. The topological polar surface area (TPSA) is 119 Å². The maximum Gasteiger partial charge on any atom is 0.286 e. The number of anilines is 1. The second kappa shape index (κ2) is 7.64. The van der Waals surface area contributed by atoms with Gasteiger partial charge in [-0.25, -0.2) is 0 Å². The quantitative estimate of drug-likeness (QED) is 0.344. The van der Waals surface area contributed by atoms with E-state index in [9.17, 15) is 19.0 Å². The van der Waals surface area contributed by atoms with Crippen molar-refractivity contribution in [1.82, 2.24) is 4.68 Å². The number of para-hydroxylation sites is 1. The highest BCUT2D eigenvalue weighted by Gasteiger charge is 2.30. The van der Waals surface area contributed by atoms with Gasteiger partial charge in [-0.1, -0.05) is 36.3 Å². The SMILES string of the molecule is CCCCC=Nn1c(=O)c(C2=NS(O)(O)c3ccccc3N2)c(O)c2sccc21. The van der Waals surface area contributed by atoms with E-state index in [0.29, 0.717) is 15.9 Å². The molecule has 0 fully saturated rings. The highest BCUT2D eigenvalue weighted by atomic mass is 32.3. The number of aromatic nitrogens is 1. The van der Waals surface area contributed by atoms with Crippen LogP contribution in [0, 0.1) is 0 Å². The van der Waals surface area contributed by atoms with Crippen molar-refractivity contribution in [2.24, 2.45) is 9.50 Å². The molecule has 29 heavy (non-hydrogen) atoms. The lowest BCUT2D eigenvalue weighted by Crippen LogP contribution is -2.30. The molecule has 0 radical (unpaired) electrons. The number of nitrogens with one attached hydrogen (secondary N) is 1. The normalized spacial score (nSPS) is 16.4. The maximum absolute atomic E-state index is 13.2. The summed E-state index contributed by atoms with van der Waals surface area (Å²) >= 11 is 1.26. The van der Waals surface area contributed by atoms with E-state index in [1.54, 1.807) is 41.9 Å². The van der Waals surface area contributed by atoms with E-state index in [0.717, 1.165) is 19.3 Å². The van der Waals surface area contributed by atoms with Crippen LogP contribution >= 0.6 is 22.1 Å². The van der Waals surface area contributed by atoms with Crippen LogP contribution in [0.25, 0.3) is 10.2 Å². The fraction of sp³-hybridized carbons (Fsp3) is 0.211. The molecule has 10 heteroatoms. The molecule has 0 bridgehead atoms. The first-order valence-corrected chi connectivity index (χ1v) is 11.4. The van der Waals surface area contributed by atoms with Crippen LogP contribution in [0.1, 0.15) is 31.7 Å². The van der Waals surface area contributed by atoms with Crippen molar-refractivity contribution in [2.45, 2.75) is 31.1 Å². The van der Waals surface area contributed by atoms with Gasteiger partial charge in [0.25, 0.3) is 5.56 Å². The van der Waals surface area contributed by atoms with Gasteiger partial charge in [0.05, 0.1) is 15.9 Å². The second-order valence-electron chi connectivity index (χ2n) is 6.50. The van der Waals surface area contributed by atoms with Crippen molar-refractivity contribution in [3.63, 3.8) is 0 Å². The smallest absolute Gasteiger partial charge is 0.286 e. The van der Waals surface area contributed by atoms with Gasteiger partial charge in [0.15, 0.2) is 11.6 Å². The summed E-state index contributed by atoms with van der Waals surface area (Å²) < 4.78 is 26.6. The molecule has 0 spiro atoms. The van der Waals surface area contributed by atoms with E-state index in [1.807, 2.05) is 0 Å². The lowest BCUT2D eigenvalue weighted by Gasteiger charge is -2.34. The minimum atomic E-state index is -3.52. The summed E-state index contributed by atoms with van der Waals surface area (Å²) in [5.74, 6) is -0.361. The fourth-order valence-electron chi connectivity index (χ4n) is 3.08. The lowest BCUT2D eigenvalue weighted by molar-refractivity contribution is 0.479. The zero-order valence-corrected chi connectivity index (χ0v) is 17.2. The third-order valence-electron chi connectivity index (χ3n) is 4.51. The molecule has 4 rings (SSSR count). The monoisotopic (exact) mass is 432 g/mol. The van der Waals surface area contributed by atoms with Crippen LogP contribution in [-0.4, -0.2) is 30.9 Å². The number of amidine groups is 1. The van der Waals surface area contributed by atoms with Crippen molar-refractivity contribution in [2.75, 3.05) is 5.32 Å². The number of benzene rings is 1. The molecular weight excluding hydrogens is 412 g/mol. The van der Waals surface area contributed by atoms with Crippen LogP contribution in [0.4, 0.5) is 5.69 Å². The molecule has 3 heterocycles. The van der Waals surface area contributed by atoms with Gasteiger partial charge >= 0.3 is 0 Å². The summed E-state index contributed by atoms with van der Waals surface area (Å²) in [7, 11) is -3.52. The Morgan fingerprint density at radius 3 is 2.90 bits per heavy atom. The Bertz CT molecular complexity index is 1200. The number of pyridine rings is 1. The number of unbranched alkanes of at least 4 members (excludes halogenated alkanes) is 2. The van der Waals surface area contributed by atoms with Crippen LogP contribution in [0.15, 0.2) is 54.9 Å². The highest BCUT2D eigenvalue weighted by Crippen LogP contribution is 2.55. The Kier molecular flexibility index (Phi) is 5.17. The minimum Gasteiger partial charge on any atom is -0.505 e. The second-order valence-corrected chi connectivity index (χ2v) is 9.07. The van der Waals surface area contributed by atoms with Crippen molar-refractivity contribution < 1.29 is 14.2 Å². The first-order chi connectivity index (χ1) is 13.9. The van der Waals surface area contributed by atoms with Gasteiger partial charge in [0, 0.05) is 6.21 Å². The number of fused-ring (bicyclic) bond motifs is 2. The van der Waals surface area contributed by atoms with Gasteiger partial charge in [-0.05, 0) is 36.4 Å². The zero-order valence-electron chi connectivity index (χ0n) is 15.6. The minimum absolute atomic E-state index is 0.0981. The molecule has 8 nitrogen and oxygen atoms in total. The Labute approximate surface area is 172 Å². The molecule has 0 aliphatic carbocycles. The molecule has 1 aromatic carbocycles. The van der Waals surface area contributed by atoms with Gasteiger partial charge in [0.2, 0.25) is 0 Å². The predicted molar refractivity (Wildman–Crippen MR) is 119 cm³/mol. The van der Waals surface area contributed by atoms with Gasteiger partial charge in [-0.2, -0.15) is 9.78 Å². The van der Waals surface area contributed by atoms with E-state index >= 15 is 0 Å². The Morgan fingerprint density at radius 1 is 1.31 bits per heavy atom. The van der Waals surface area contributed by atoms with Gasteiger partial charge < -0.3 is 10.4 Å². The lowest BCUT2D eigenvalue weighted by atomic mass is 10.2. The summed E-state index contributed by atoms with van der Waals surface area (Å²) in [6.45, 7) is 2.07. The molecule has 0 saturated heterocycles. The Balaban J connectivity index is 1.90. The van der Waals surface area contributed by atoms with Crippen molar-refractivity contribution in [3.05, 3.63) is 51.6 Å². The number of hydrogen-bond donors (Lipinski definition) is 4. The molecule has 0 atom stereocenters. The van der Waals surface area contributed by atoms with Crippen LogP contribution in [-0.2, 0) is 0 Å². The van der Waals surface area contributed by atoms with Crippen LogP contribution in [0.5, 0.6) is 5.75 Å². The predicted octanol–water partition coefficient (Wildman–Crippen LogP) is 4.69. The molecule has 3 aromatic rings. The van der Waals surface area contributed by atoms with Crippen molar-refractivity contribution >= 4 is 50.1 Å². The third kappa shape index (κ3) is 3.44. The van der Waals surface area contributed by atoms with Crippen molar-refractivity contribution in [3.8, 4) is 5.75 Å². The number of nitrogens with zero attached hydrogens (tertiary/aromatic N) is 3. The Hall–Kier alpha value is -2.66. The zero-order chi connectivity index (χ0) is 20.6. The third-order valence-corrected chi connectivity index (χ3v) is 6.80. The molecule has 1 aliphatic heterocycles. The first kappa shape index (κ1) is 19.6. The van der Waals surface area contributed by atoms with Crippen LogP contribution < -0.4 is 10.9 Å². The fourth-order valence-corrected chi connectivity index (χ4v) is 5.07. The first-order valence-electron chi connectivity index (χ1n) is 9.06. The number of rotatable bonds is 5. The summed E-state index contributed by atoms with van der Waals surface area (Å²) in [6.07, 6.45) is 4.34. The van der Waals surface area contributed by atoms with Crippen LogP contribution in [0.2, 0.25) is 0 Å². The van der Waals surface area contributed by atoms with Crippen LogP contribution in [0.3, 0.4) is 0 Å². The molecular formula is C19H20N4O4S2. The molecule has 0 saturated carbocycles. The number of aromatic hydroxyl groups is 1. The van der Waals surface area contributed by atoms with E-state index in [2.05, 4.69) is 21.7 Å². The van der Waals surface area contributed by atoms with Gasteiger partial charge in [-0.15, -0.1) is 15.7 Å². The van der Waals surface area contributed by atoms with Crippen molar-refractivity contribution in [1.29, 1.82) is 0 Å². The standard InChI is InChI=1S/C19H20N4O4S2/c1-2-3-6-10-20-23-13-9-11-28-17(13)16(24)15(19(23)25)18-21-12-7-4-5-8-14(12)29(26,27)22-18/h4-5,7-11,24,26-27H,2-3,6H2,1H3,(H,21,22). The van der Waals surface area contributed by atoms with E-state index < -0.39 is 16.3 Å². The maximum atomic E-state index is 13.2. The number of thiophene rings is 1. The van der Waals surface area contributed by atoms with Gasteiger partial charge in [-0.3, -0.25) is 13.9 Å². The molecule has 4 N–H and O–H groups in total. The Morgan fingerprint density at radius 2 is 2.10 bits per heavy atom. The summed E-state index contributed by atoms with van der Waals surface area (Å²) in [6, 6.07) is 8.31. The van der Waals surface area contributed by atoms with E-state index in [-0.39, 0.29) is 22.0 Å². The highest BCUT2D eigenvalue weighted by molar-refractivity contribution is 8.23. The average Bonchev–Trinajstić information content (AvgIpc) is 3.17. The summed E-state index contributed by atoms with van der Waals surface area (Å²) in [5, 5.41) is 19.8. The summed E-state index contributed by atoms with van der Waals surface area (Å²) in [4.78, 5) is 13.4. The number of hydrogen-bond acceptors (Lipinski definition) is 8. The molecule has 152 valence electrons. The van der Waals surface area contributed by atoms with E-state index in [4.69, 9.17) is 0 Å². The molecule has 0 amide bonds. The molecule has 1 aliphatic rings. The van der Waals surface area contributed by atoms with Gasteiger partial charge in [0.1, 0.15) is 10.5 Å². The largest absolute Gasteiger partial charge is 0.505 e. The molecule has 0 unspecified atom stereocenters. The molecule has 2 aromatic heterocycles. The average molecular weight is 433 g/mol. The van der Waals surface area contributed by atoms with E-state index in [1.165, 1.54) is 16.0 Å².